The summed E-state index contributed by atoms with van der Waals surface area (Å²) in [7, 11) is 0. The molecule has 0 unspecified atom stereocenters. The first kappa shape index (κ1) is 35.4. The molecule has 0 aliphatic rings. The molecule has 3 heterocycles. The van der Waals surface area contributed by atoms with Crippen LogP contribution in [0.5, 0.6) is 11.5 Å². The van der Waals surface area contributed by atoms with Gasteiger partial charge in [-0.1, -0.05) is 51.4 Å². The second kappa shape index (κ2) is 14.4. The van der Waals surface area contributed by atoms with Crippen LogP contribution in [-0.2, 0) is 46.7 Å². The number of benzene rings is 4. The summed E-state index contributed by atoms with van der Waals surface area (Å²) in [6.45, 7) is 17.9. The number of pyridine rings is 1. The number of hydrogen-bond donors (Lipinski definition) is 0. The Bertz CT molecular complexity index is 2330. The van der Waals surface area contributed by atoms with E-state index in [1.54, 1.807) is 0 Å². The summed E-state index contributed by atoms with van der Waals surface area (Å²) in [4.78, 5) is 4.72. The molecule has 4 aromatic carbocycles. The Morgan fingerprint density at radius 1 is 0.680 bits per heavy atom. The molecule has 7 rings (SSSR count). The normalized spacial score (nSPS) is 11.4. The summed E-state index contributed by atoms with van der Waals surface area (Å²) in [6.07, 6.45) is 5.53. The molecule has 5 nitrogen and oxygen atoms in total. The Hall–Kier alpha value is -4.47. The molecule has 0 atom stereocenters. The van der Waals surface area contributed by atoms with Crippen LogP contribution >= 0.6 is 0 Å². The van der Waals surface area contributed by atoms with Gasteiger partial charge in [-0.3, -0.25) is 4.68 Å². The van der Waals surface area contributed by atoms with Gasteiger partial charge in [0, 0.05) is 34.5 Å². The number of nitrogens with zero attached hydrogens (tertiary/aromatic N) is 4. The van der Waals surface area contributed by atoms with Gasteiger partial charge in [-0.05, 0) is 122 Å². The summed E-state index contributed by atoms with van der Waals surface area (Å²) >= 11 is 0. The topological polar surface area (TPSA) is 44.9 Å². The number of aryl methyl sites for hydroxylation is 2. The SMILES string of the molecule is CCc1nn(-c2[c-]c(Oc3[c-]c4c(cc3)c3ccccc3n4-c3cc(C)ccn3)ccc2)c(CC)c1-c1c(CC)c(C)c(C)c(C)c1CC.[Pt+2]. The van der Waals surface area contributed by atoms with Crippen LogP contribution in [0.3, 0.4) is 0 Å². The third-order valence-corrected chi connectivity index (χ3v) is 10.2. The first-order valence-corrected chi connectivity index (χ1v) is 17.6. The van der Waals surface area contributed by atoms with Crippen molar-refractivity contribution in [2.75, 3.05) is 0 Å². The van der Waals surface area contributed by atoms with E-state index < -0.39 is 0 Å². The van der Waals surface area contributed by atoms with Crippen LogP contribution in [0.1, 0.15) is 72.5 Å². The minimum Gasteiger partial charge on any atom is -0.509 e. The number of hydrogen-bond acceptors (Lipinski definition) is 3. The number of ether oxygens (including phenoxy) is 1. The van der Waals surface area contributed by atoms with E-state index in [2.05, 4.69) is 119 Å². The number of para-hydroxylation sites is 1. The molecule has 0 fully saturated rings. The van der Waals surface area contributed by atoms with E-state index in [1.807, 2.05) is 30.5 Å². The van der Waals surface area contributed by atoms with Crippen molar-refractivity contribution in [2.45, 2.75) is 81.1 Å². The van der Waals surface area contributed by atoms with E-state index >= 15 is 0 Å². The summed E-state index contributed by atoms with van der Waals surface area (Å²) in [6, 6.07) is 29.8. The monoisotopic (exact) mass is 839 g/mol. The van der Waals surface area contributed by atoms with Crippen molar-refractivity contribution < 1.29 is 25.8 Å². The van der Waals surface area contributed by atoms with E-state index in [-0.39, 0.29) is 21.1 Å². The standard InChI is InChI=1S/C44H44N4O.Pt/c1-9-34-29(7)28(6)30(8)35(10-2)43(34)44-38(11-3)46-48(39(44)12-4)31-16-15-17-32(25-31)49-33-20-21-37-36-18-13-14-19-40(36)47(41(37)26-33)42-24-27(5)22-23-45-42;/h13-24H,9-12H2,1-8H3;/q-2;+2. The maximum absolute atomic E-state index is 6.51. The molecule has 6 heteroatoms. The Morgan fingerprint density at radius 3 is 2.08 bits per heavy atom. The molecule has 256 valence electrons. The quantitative estimate of drug-likeness (QED) is 0.136. The van der Waals surface area contributed by atoms with E-state index in [0.717, 1.165) is 70.3 Å². The van der Waals surface area contributed by atoms with Crippen LogP contribution in [0.4, 0.5) is 0 Å². The van der Waals surface area contributed by atoms with Crippen molar-refractivity contribution in [2.24, 2.45) is 0 Å². The van der Waals surface area contributed by atoms with Crippen molar-refractivity contribution in [1.82, 2.24) is 19.3 Å². The smallest absolute Gasteiger partial charge is 0.509 e. The summed E-state index contributed by atoms with van der Waals surface area (Å²) in [5.74, 6) is 2.10. The van der Waals surface area contributed by atoms with E-state index in [1.165, 1.54) is 44.6 Å². The maximum atomic E-state index is 6.51. The van der Waals surface area contributed by atoms with Gasteiger partial charge < -0.3 is 9.30 Å². The first-order valence-electron chi connectivity index (χ1n) is 17.6. The Labute approximate surface area is 310 Å². The third-order valence-electron chi connectivity index (χ3n) is 10.2. The van der Waals surface area contributed by atoms with Crippen molar-refractivity contribution in [3.8, 4) is 34.1 Å². The zero-order chi connectivity index (χ0) is 34.4. The molecule has 50 heavy (non-hydrogen) atoms. The van der Waals surface area contributed by atoms with Gasteiger partial charge in [-0.25, -0.2) is 4.98 Å². The fourth-order valence-electron chi connectivity index (χ4n) is 7.59. The summed E-state index contributed by atoms with van der Waals surface area (Å²) in [5.41, 5.74) is 16.1. The first-order chi connectivity index (χ1) is 23.8. The zero-order valence-electron chi connectivity index (χ0n) is 30.3. The maximum Gasteiger partial charge on any atom is 2.00 e. The van der Waals surface area contributed by atoms with Gasteiger partial charge in [0.1, 0.15) is 5.82 Å². The van der Waals surface area contributed by atoms with E-state index in [9.17, 15) is 0 Å². The van der Waals surface area contributed by atoms with Crippen molar-refractivity contribution >= 4 is 21.8 Å². The Balaban J connectivity index is 0.00000432. The largest absolute Gasteiger partial charge is 2.00 e. The molecule has 0 aliphatic heterocycles. The predicted octanol–water partition coefficient (Wildman–Crippen LogP) is 10.9. The minimum absolute atomic E-state index is 0. The molecule has 0 saturated heterocycles. The van der Waals surface area contributed by atoms with Crippen LogP contribution in [-0.4, -0.2) is 19.3 Å². The Morgan fingerprint density at radius 2 is 1.40 bits per heavy atom. The van der Waals surface area contributed by atoms with Crippen molar-refractivity contribution in [3.05, 3.63) is 130 Å². The molecule has 0 amide bonds. The average molecular weight is 840 g/mol. The van der Waals surface area contributed by atoms with Gasteiger partial charge in [0.15, 0.2) is 0 Å². The Kier molecular flexibility index (Phi) is 10.2. The fraction of sp³-hybridized carbons (Fsp3) is 0.273. The third kappa shape index (κ3) is 5.90. The van der Waals surface area contributed by atoms with Gasteiger partial charge in [0.2, 0.25) is 0 Å². The molecule has 0 N–H and O–H groups in total. The minimum atomic E-state index is 0. The molecular weight excluding hydrogens is 796 g/mol. The van der Waals surface area contributed by atoms with E-state index in [4.69, 9.17) is 14.8 Å². The molecule has 0 spiro atoms. The second-order valence-electron chi connectivity index (χ2n) is 12.9. The predicted molar refractivity (Wildman–Crippen MR) is 202 cm³/mol. The van der Waals surface area contributed by atoms with Crippen LogP contribution in [0.25, 0.3) is 44.4 Å². The number of fused-ring (bicyclic) bond motifs is 3. The van der Waals surface area contributed by atoms with Gasteiger partial charge in [-0.2, -0.15) is 17.2 Å². The van der Waals surface area contributed by atoms with Crippen LogP contribution < -0.4 is 4.74 Å². The molecule has 0 saturated carbocycles. The van der Waals surface area contributed by atoms with Gasteiger partial charge in [0.25, 0.3) is 0 Å². The number of aromatic nitrogens is 4. The van der Waals surface area contributed by atoms with Crippen molar-refractivity contribution in [1.29, 1.82) is 0 Å². The molecule has 0 bridgehead atoms. The number of rotatable bonds is 9. The van der Waals surface area contributed by atoms with Crippen LogP contribution in [0.15, 0.2) is 72.9 Å². The zero-order valence-corrected chi connectivity index (χ0v) is 32.5. The molecule has 0 radical (unpaired) electrons. The van der Waals surface area contributed by atoms with Crippen LogP contribution in [0, 0.1) is 39.8 Å². The average Bonchev–Trinajstić information content (AvgIpc) is 3.66. The molecule has 7 aromatic rings. The van der Waals surface area contributed by atoms with Gasteiger partial charge >= 0.3 is 21.1 Å². The summed E-state index contributed by atoms with van der Waals surface area (Å²) < 4.78 is 10.8. The van der Waals surface area contributed by atoms with E-state index in [0.29, 0.717) is 11.5 Å². The summed E-state index contributed by atoms with van der Waals surface area (Å²) in [5, 5.41) is 7.51. The fourth-order valence-corrected chi connectivity index (χ4v) is 7.59. The van der Waals surface area contributed by atoms with Gasteiger partial charge in [0.05, 0.1) is 5.69 Å². The van der Waals surface area contributed by atoms with Gasteiger partial charge in [-0.15, -0.1) is 35.7 Å². The van der Waals surface area contributed by atoms with Crippen LogP contribution in [0.2, 0.25) is 0 Å². The molecule has 3 aromatic heterocycles. The molecule has 0 aliphatic carbocycles. The van der Waals surface area contributed by atoms with Crippen molar-refractivity contribution in [3.63, 3.8) is 0 Å². The molecular formula is C44H44N4OPt. The second-order valence-corrected chi connectivity index (χ2v) is 12.9.